The second kappa shape index (κ2) is 10.2. The number of nitrogens with zero attached hydrogens (tertiary/aromatic N) is 4. The van der Waals surface area contributed by atoms with Gasteiger partial charge in [-0.05, 0) is 102 Å². The summed E-state index contributed by atoms with van der Waals surface area (Å²) >= 11 is 0. The Kier molecular flexibility index (Phi) is 6.39. The van der Waals surface area contributed by atoms with E-state index >= 15 is 0 Å². The van der Waals surface area contributed by atoms with Crippen molar-refractivity contribution in [2.75, 3.05) is 0 Å². The zero-order valence-corrected chi connectivity index (χ0v) is 23.7. The topological polar surface area (TPSA) is 62.5 Å². The van der Waals surface area contributed by atoms with Crippen molar-refractivity contribution in [3.8, 4) is 40.2 Å². The molecule has 2 unspecified atom stereocenters. The molecule has 2 aliphatic carbocycles. The lowest BCUT2D eigenvalue weighted by molar-refractivity contribution is 0.0790. The van der Waals surface area contributed by atoms with Crippen molar-refractivity contribution >= 4 is 10.8 Å². The van der Waals surface area contributed by atoms with Crippen LogP contribution in [0.5, 0.6) is 0 Å². The summed E-state index contributed by atoms with van der Waals surface area (Å²) in [7, 11) is 0. The van der Waals surface area contributed by atoms with Crippen LogP contribution in [-0.2, 0) is 5.41 Å². The molecule has 4 heteroatoms. The SMILES string of the molecule is C[C@@H]1CC2C[C@H](C)CC(c3cccc4cc(-c5nc(-c6ccccc6)nc(-c6ccc(C#N)cc6)n5)ccc34)(C2)C1. The second-order valence-electron chi connectivity index (χ2n) is 12.5. The minimum Gasteiger partial charge on any atom is -0.208 e. The van der Waals surface area contributed by atoms with Crippen LogP contribution in [0.3, 0.4) is 0 Å². The van der Waals surface area contributed by atoms with Gasteiger partial charge in [0.25, 0.3) is 0 Å². The molecule has 7 rings (SSSR count). The Morgan fingerprint density at radius 1 is 0.659 bits per heavy atom. The summed E-state index contributed by atoms with van der Waals surface area (Å²) in [4.78, 5) is 14.7. The Labute approximate surface area is 242 Å². The number of benzene rings is 4. The molecule has 0 aliphatic heterocycles. The van der Waals surface area contributed by atoms with Crippen LogP contribution in [0.15, 0.2) is 91.0 Å². The van der Waals surface area contributed by atoms with Crippen molar-refractivity contribution in [3.63, 3.8) is 0 Å². The first-order chi connectivity index (χ1) is 20.0. The summed E-state index contributed by atoms with van der Waals surface area (Å²) in [5.41, 5.74) is 5.21. The number of rotatable bonds is 4. The smallest absolute Gasteiger partial charge is 0.164 e. The van der Waals surface area contributed by atoms with E-state index in [0.717, 1.165) is 34.4 Å². The maximum atomic E-state index is 9.26. The monoisotopic (exact) mass is 534 g/mol. The number of hydrogen-bond donors (Lipinski definition) is 0. The predicted octanol–water partition coefficient (Wildman–Crippen LogP) is 9.00. The zero-order chi connectivity index (χ0) is 28.0. The Morgan fingerprint density at radius 3 is 1.93 bits per heavy atom. The molecule has 202 valence electrons. The van der Waals surface area contributed by atoms with E-state index in [0.29, 0.717) is 23.0 Å². The van der Waals surface area contributed by atoms with E-state index in [9.17, 15) is 5.26 Å². The molecule has 0 N–H and O–H groups in total. The average Bonchev–Trinajstić information content (AvgIpc) is 3.00. The van der Waals surface area contributed by atoms with Gasteiger partial charge < -0.3 is 0 Å². The van der Waals surface area contributed by atoms with Crippen molar-refractivity contribution in [1.29, 1.82) is 5.26 Å². The molecule has 4 atom stereocenters. The van der Waals surface area contributed by atoms with Gasteiger partial charge in [0.15, 0.2) is 17.5 Å². The molecule has 0 saturated heterocycles. The van der Waals surface area contributed by atoms with Crippen LogP contribution in [0.25, 0.3) is 44.9 Å². The molecule has 0 radical (unpaired) electrons. The van der Waals surface area contributed by atoms with Crippen molar-refractivity contribution in [3.05, 3.63) is 102 Å². The maximum absolute atomic E-state index is 9.26. The molecule has 2 fully saturated rings. The second-order valence-corrected chi connectivity index (χ2v) is 12.5. The summed E-state index contributed by atoms with van der Waals surface area (Å²) in [6, 6.07) is 33.3. The minimum absolute atomic E-state index is 0.275. The van der Waals surface area contributed by atoms with Gasteiger partial charge in [-0.3, -0.25) is 0 Å². The van der Waals surface area contributed by atoms with Crippen LogP contribution in [0.4, 0.5) is 0 Å². The number of nitriles is 1. The molecule has 41 heavy (non-hydrogen) atoms. The van der Waals surface area contributed by atoms with Crippen molar-refractivity contribution in [2.45, 2.75) is 51.4 Å². The molecular weight excluding hydrogens is 500 g/mol. The minimum atomic E-state index is 0.275. The molecule has 2 aliphatic rings. The van der Waals surface area contributed by atoms with Crippen LogP contribution in [-0.4, -0.2) is 15.0 Å². The molecular formula is C37H34N4. The van der Waals surface area contributed by atoms with E-state index in [-0.39, 0.29) is 5.41 Å². The molecule has 4 aromatic carbocycles. The highest BCUT2D eigenvalue weighted by Gasteiger charge is 2.45. The van der Waals surface area contributed by atoms with Crippen molar-refractivity contribution in [1.82, 2.24) is 15.0 Å². The molecule has 0 spiro atoms. The van der Waals surface area contributed by atoms with Gasteiger partial charge in [0.1, 0.15) is 0 Å². The Hall–Kier alpha value is -4.36. The van der Waals surface area contributed by atoms with Gasteiger partial charge in [-0.25, -0.2) is 15.0 Å². The quantitative estimate of drug-likeness (QED) is 0.231. The van der Waals surface area contributed by atoms with Gasteiger partial charge in [-0.15, -0.1) is 0 Å². The predicted molar refractivity (Wildman–Crippen MR) is 165 cm³/mol. The lowest BCUT2D eigenvalue weighted by atomic mass is 9.54. The van der Waals surface area contributed by atoms with Crippen LogP contribution < -0.4 is 0 Å². The fourth-order valence-corrected chi connectivity index (χ4v) is 7.96. The van der Waals surface area contributed by atoms with Crippen LogP contribution in [0, 0.1) is 29.1 Å². The lowest BCUT2D eigenvalue weighted by Crippen LogP contribution is -2.42. The Bertz CT molecular complexity index is 1750. The molecule has 4 nitrogen and oxygen atoms in total. The largest absolute Gasteiger partial charge is 0.208 e. The number of aromatic nitrogens is 3. The van der Waals surface area contributed by atoms with Crippen LogP contribution >= 0.6 is 0 Å². The van der Waals surface area contributed by atoms with Gasteiger partial charge in [-0.2, -0.15) is 5.26 Å². The van der Waals surface area contributed by atoms with Crippen LogP contribution in [0.1, 0.15) is 57.1 Å². The zero-order valence-electron chi connectivity index (χ0n) is 23.7. The van der Waals surface area contributed by atoms with Gasteiger partial charge >= 0.3 is 0 Å². The van der Waals surface area contributed by atoms with E-state index < -0.39 is 0 Å². The van der Waals surface area contributed by atoms with Crippen molar-refractivity contribution < 1.29 is 0 Å². The fourth-order valence-electron chi connectivity index (χ4n) is 7.96. The van der Waals surface area contributed by atoms with Gasteiger partial charge in [0.05, 0.1) is 11.6 Å². The highest BCUT2D eigenvalue weighted by atomic mass is 15.0. The molecule has 2 saturated carbocycles. The van der Waals surface area contributed by atoms with Gasteiger partial charge in [-0.1, -0.05) is 74.5 Å². The summed E-state index contributed by atoms with van der Waals surface area (Å²) in [5, 5.41) is 11.9. The Morgan fingerprint density at radius 2 is 1.27 bits per heavy atom. The highest BCUT2D eigenvalue weighted by Crippen LogP contribution is 2.55. The third-order valence-electron chi connectivity index (χ3n) is 9.28. The summed E-state index contributed by atoms with van der Waals surface area (Å²) < 4.78 is 0. The van der Waals surface area contributed by atoms with Crippen molar-refractivity contribution in [2.24, 2.45) is 17.8 Å². The van der Waals surface area contributed by atoms with E-state index in [1.165, 1.54) is 48.4 Å². The number of hydrogen-bond acceptors (Lipinski definition) is 4. The first-order valence-corrected chi connectivity index (χ1v) is 14.9. The summed E-state index contributed by atoms with van der Waals surface area (Å²) in [5.74, 6) is 4.29. The number of fused-ring (bicyclic) bond motifs is 3. The van der Waals surface area contributed by atoms with Crippen LogP contribution in [0.2, 0.25) is 0 Å². The standard InChI is InChI=1S/C37H34N4/c1-24-17-27-18-25(2)21-37(20-24,22-27)33-10-6-9-30-19-31(15-16-32(30)33)36-40-34(28-7-4-3-5-8-28)39-35(41-36)29-13-11-26(23-38)12-14-29/h3-16,19,24-25,27H,17-18,20-22H2,1-2H3/t24-,25+,27?,37?. The maximum Gasteiger partial charge on any atom is 0.164 e. The molecule has 2 bridgehead atoms. The molecule has 0 amide bonds. The van der Waals surface area contributed by atoms with E-state index in [1.807, 2.05) is 42.5 Å². The van der Waals surface area contributed by atoms with E-state index in [2.05, 4.69) is 56.3 Å². The van der Waals surface area contributed by atoms with E-state index in [1.54, 1.807) is 12.1 Å². The van der Waals surface area contributed by atoms with Gasteiger partial charge in [0, 0.05) is 16.7 Å². The third-order valence-corrected chi connectivity index (χ3v) is 9.28. The fraction of sp³-hybridized carbons (Fsp3) is 0.297. The molecule has 1 aromatic heterocycles. The lowest BCUT2D eigenvalue weighted by Gasteiger charge is -2.51. The molecule has 1 heterocycles. The normalized spacial score (nSPS) is 23.7. The average molecular weight is 535 g/mol. The van der Waals surface area contributed by atoms with Gasteiger partial charge in [0.2, 0.25) is 0 Å². The van der Waals surface area contributed by atoms with E-state index in [4.69, 9.17) is 15.0 Å². The highest BCUT2D eigenvalue weighted by molar-refractivity contribution is 5.90. The third kappa shape index (κ3) is 4.80. The Balaban J connectivity index is 1.34. The summed E-state index contributed by atoms with van der Waals surface area (Å²) in [6.07, 6.45) is 6.66. The molecule has 5 aromatic rings. The first kappa shape index (κ1) is 25.6. The summed E-state index contributed by atoms with van der Waals surface area (Å²) in [6.45, 7) is 4.91. The first-order valence-electron chi connectivity index (χ1n) is 14.9.